The van der Waals surface area contributed by atoms with Crippen LogP contribution in [-0.2, 0) is 6.54 Å². The zero-order chi connectivity index (χ0) is 15.4. The summed E-state index contributed by atoms with van der Waals surface area (Å²) in [6, 6.07) is 3.43. The molecule has 0 bridgehead atoms. The maximum atomic E-state index is 12.6. The fraction of sp³-hybridized carbons (Fsp3) is 0.467. The highest BCUT2D eigenvalue weighted by molar-refractivity contribution is 7.71. The van der Waals surface area contributed by atoms with Gasteiger partial charge in [0.2, 0.25) is 0 Å². The lowest BCUT2D eigenvalue weighted by molar-refractivity contribution is 0.355. The van der Waals surface area contributed by atoms with E-state index in [9.17, 15) is 4.79 Å². The molecule has 0 spiro atoms. The molecule has 2 rings (SSSR count). The molecule has 21 heavy (non-hydrogen) atoms. The third-order valence-corrected chi connectivity index (χ3v) is 3.79. The van der Waals surface area contributed by atoms with Crippen LogP contribution < -0.4 is 15.0 Å². The Labute approximate surface area is 128 Å². The van der Waals surface area contributed by atoms with Crippen LogP contribution in [0.3, 0.4) is 0 Å². The maximum absolute atomic E-state index is 12.6. The molecule has 5 nitrogen and oxygen atoms in total. The SMILES string of the molecule is CCCCCn1c(=S)[nH]c2cc(OC)c(OC)cc2c1=O. The van der Waals surface area contributed by atoms with Crippen molar-refractivity contribution in [2.45, 2.75) is 32.7 Å². The Hall–Kier alpha value is -1.82. The molecule has 0 atom stereocenters. The highest BCUT2D eigenvalue weighted by Crippen LogP contribution is 2.29. The van der Waals surface area contributed by atoms with Gasteiger partial charge in [-0.3, -0.25) is 9.36 Å². The van der Waals surface area contributed by atoms with E-state index in [0.29, 0.717) is 33.7 Å². The van der Waals surface area contributed by atoms with Crippen molar-refractivity contribution in [1.82, 2.24) is 9.55 Å². The molecular weight excluding hydrogens is 288 g/mol. The third-order valence-electron chi connectivity index (χ3n) is 3.47. The highest BCUT2D eigenvalue weighted by Gasteiger charge is 2.11. The largest absolute Gasteiger partial charge is 0.493 e. The molecule has 6 heteroatoms. The van der Waals surface area contributed by atoms with Crippen molar-refractivity contribution in [2.75, 3.05) is 14.2 Å². The molecule has 1 heterocycles. The summed E-state index contributed by atoms with van der Waals surface area (Å²) in [5.74, 6) is 1.10. The summed E-state index contributed by atoms with van der Waals surface area (Å²) in [5, 5.41) is 0.553. The van der Waals surface area contributed by atoms with Crippen molar-refractivity contribution in [3.05, 3.63) is 27.3 Å². The zero-order valence-corrected chi connectivity index (χ0v) is 13.4. The second kappa shape index (κ2) is 6.76. The quantitative estimate of drug-likeness (QED) is 0.657. The van der Waals surface area contributed by atoms with Crippen molar-refractivity contribution < 1.29 is 9.47 Å². The Morgan fingerprint density at radius 1 is 1.19 bits per heavy atom. The van der Waals surface area contributed by atoms with Gasteiger partial charge < -0.3 is 14.5 Å². The molecule has 114 valence electrons. The van der Waals surface area contributed by atoms with E-state index >= 15 is 0 Å². The molecular formula is C15H20N2O3S. The summed E-state index contributed by atoms with van der Waals surface area (Å²) in [6.45, 7) is 2.76. The van der Waals surface area contributed by atoms with E-state index in [4.69, 9.17) is 21.7 Å². The van der Waals surface area contributed by atoms with Crippen LogP contribution in [0, 0.1) is 4.77 Å². The number of nitrogens with zero attached hydrogens (tertiary/aromatic N) is 1. The summed E-state index contributed by atoms with van der Waals surface area (Å²) in [6.07, 6.45) is 3.11. The number of H-pyrrole nitrogens is 1. The number of unbranched alkanes of at least 4 members (excludes halogenated alkanes) is 2. The third kappa shape index (κ3) is 3.10. The first-order chi connectivity index (χ1) is 10.1. The number of rotatable bonds is 6. The first-order valence-corrected chi connectivity index (χ1v) is 7.42. The number of fused-ring (bicyclic) bond motifs is 1. The van der Waals surface area contributed by atoms with E-state index in [0.717, 1.165) is 19.3 Å². The van der Waals surface area contributed by atoms with Gasteiger partial charge in [-0.2, -0.15) is 0 Å². The number of hydrogen-bond acceptors (Lipinski definition) is 4. The Bertz CT molecular complexity index is 749. The van der Waals surface area contributed by atoms with Gasteiger partial charge in [0.1, 0.15) is 0 Å². The number of methoxy groups -OCH3 is 2. The lowest BCUT2D eigenvalue weighted by Gasteiger charge is -2.11. The fourth-order valence-corrected chi connectivity index (χ4v) is 2.59. The van der Waals surface area contributed by atoms with Gasteiger partial charge >= 0.3 is 0 Å². The second-order valence-corrected chi connectivity index (χ2v) is 5.23. The van der Waals surface area contributed by atoms with Gasteiger partial charge in [0, 0.05) is 12.6 Å². The van der Waals surface area contributed by atoms with Gasteiger partial charge in [0.15, 0.2) is 16.3 Å². The fourth-order valence-electron chi connectivity index (χ4n) is 2.30. The lowest BCUT2D eigenvalue weighted by Crippen LogP contribution is -2.22. The van der Waals surface area contributed by atoms with Crippen LogP contribution in [0.15, 0.2) is 16.9 Å². The summed E-state index contributed by atoms with van der Waals surface area (Å²) >= 11 is 5.29. The molecule has 1 aromatic heterocycles. The minimum atomic E-state index is -0.0918. The first kappa shape index (κ1) is 15.6. The Balaban J connectivity index is 2.59. The number of hydrogen-bond donors (Lipinski definition) is 1. The summed E-state index contributed by atoms with van der Waals surface area (Å²) in [7, 11) is 3.11. The Morgan fingerprint density at radius 2 is 1.86 bits per heavy atom. The Morgan fingerprint density at radius 3 is 2.48 bits per heavy atom. The van der Waals surface area contributed by atoms with Gasteiger partial charge in [-0.1, -0.05) is 19.8 Å². The second-order valence-electron chi connectivity index (χ2n) is 4.85. The van der Waals surface area contributed by atoms with Crippen LogP contribution in [0.5, 0.6) is 11.5 Å². The molecule has 0 unspecified atom stereocenters. The molecule has 0 aliphatic carbocycles. The lowest BCUT2D eigenvalue weighted by atomic mass is 10.2. The van der Waals surface area contributed by atoms with Crippen molar-refractivity contribution in [3.8, 4) is 11.5 Å². The Kier molecular flexibility index (Phi) is 5.01. The monoisotopic (exact) mass is 308 g/mol. The van der Waals surface area contributed by atoms with E-state index in [-0.39, 0.29) is 5.56 Å². The van der Waals surface area contributed by atoms with E-state index < -0.39 is 0 Å². The van der Waals surface area contributed by atoms with Crippen molar-refractivity contribution >= 4 is 23.1 Å². The van der Waals surface area contributed by atoms with Gasteiger partial charge in [0.05, 0.1) is 25.1 Å². The molecule has 0 aliphatic rings. The van der Waals surface area contributed by atoms with E-state index in [1.165, 1.54) is 0 Å². The number of nitrogens with one attached hydrogen (secondary N) is 1. The number of aromatic amines is 1. The summed E-state index contributed by atoms with van der Waals surface area (Å²) in [5.41, 5.74) is 0.570. The van der Waals surface area contributed by atoms with Crippen molar-refractivity contribution in [3.63, 3.8) is 0 Å². The molecule has 0 radical (unpaired) electrons. The zero-order valence-electron chi connectivity index (χ0n) is 12.6. The van der Waals surface area contributed by atoms with E-state index in [2.05, 4.69) is 11.9 Å². The summed E-state index contributed by atoms with van der Waals surface area (Å²) in [4.78, 5) is 15.7. The van der Waals surface area contributed by atoms with E-state index in [1.54, 1.807) is 30.9 Å². The van der Waals surface area contributed by atoms with Crippen LogP contribution in [0.1, 0.15) is 26.2 Å². The minimum Gasteiger partial charge on any atom is -0.493 e. The summed E-state index contributed by atoms with van der Waals surface area (Å²) < 4.78 is 12.6. The van der Waals surface area contributed by atoms with Crippen LogP contribution in [0.25, 0.3) is 10.9 Å². The molecule has 0 saturated heterocycles. The standard InChI is InChI=1S/C15H20N2O3S/c1-4-5-6-7-17-14(18)10-8-12(19-2)13(20-3)9-11(10)16-15(17)21/h8-9H,4-7H2,1-3H3,(H,16,21). The smallest absolute Gasteiger partial charge is 0.262 e. The topological polar surface area (TPSA) is 56.2 Å². The predicted octanol–water partition coefficient (Wildman–Crippen LogP) is 3.27. The average Bonchev–Trinajstić information content (AvgIpc) is 2.49. The molecule has 0 fully saturated rings. The van der Waals surface area contributed by atoms with E-state index in [1.807, 2.05) is 0 Å². The van der Waals surface area contributed by atoms with Gasteiger partial charge in [-0.15, -0.1) is 0 Å². The molecule has 1 N–H and O–H groups in total. The molecule has 0 aliphatic heterocycles. The van der Waals surface area contributed by atoms with Crippen LogP contribution in [-0.4, -0.2) is 23.8 Å². The van der Waals surface area contributed by atoms with Crippen LogP contribution in [0.2, 0.25) is 0 Å². The number of benzene rings is 1. The van der Waals surface area contributed by atoms with Crippen LogP contribution in [0.4, 0.5) is 0 Å². The van der Waals surface area contributed by atoms with Gasteiger partial charge in [0.25, 0.3) is 5.56 Å². The number of aromatic nitrogens is 2. The normalized spacial score (nSPS) is 10.8. The van der Waals surface area contributed by atoms with Gasteiger partial charge in [-0.05, 0) is 24.7 Å². The maximum Gasteiger partial charge on any atom is 0.262 e. The minimum absolute atomic E-state index is 0.0918. The van der Waals surface area contributed by atoms with Crippen molar-refractivity contribution in [2.24, 2.45) is 0 Å². The van der Waals surface area contributed by atoms with Crippen LogP contribution >= 0.6 is 12.2 Å². The van der Waals surface area contributed by atoms with Gasteiger partial charge in [-0.25, -0.2) is 0 Å². The predicted molar refractivity (Wildman–Crippen MR) is 86.0 cm³/mol. The number of ether oxygens (including phenoxy) is 2. The highest BCUT2D eigenvalue weighted by atomic mass is 32.1. The molecule has 0 amide bonds. The molecule has 0 saturated carbocycles. The van der Waals surface area contributed by atoms with Crippen molar-refractivity contribution in [1.29, 1.82) is 0 Å². The molecule has 1 aromatic carbocycles. The average molecular weight is 308 g/mol. The molecule has 2 aromatic rings. The first-order valence-electron chi connectivity index (χ1n) is 7.01.